The number of aryl methyl sites for hydroxylation is 1. The number of rotatable bonds is 9. The van der Waals surface area contributed by atoms with Crippen molar-refractivity contribution >= 4 is 5.96 Å². The van der Waals surface area contributed by atoms with Gasteiger partial charge in [0.1, 0.15) is 5.75 Å². The van der Waals surface area contributed by atoms with Crippen molar-refractivity contribution in [3.05, 3.63) is 47.8 Å². The zero-order valence-electron chi connectivity index (χ0n) is 19.7. The average molecular weight is 427 g/mol. The lowest BCUT2D eigenvalue weighted by molar-refractivity contribution is 0.223. The Bertz CT molecular complexity index is 844. The van der Waals surface area contributed by atoms with Gasteiger partial charge in [-0.15, -0.1) is 0 Å². The molecule has 1 fully saturated rings. The second-order valence-electron chi connectivity index (χ2n) is 8.09. The summed E-state index contributed by atoms with van der Waals surface area (Å²) in [7, 11) is 3.70. The molecule has 0 spiro atoms. The number of guanidine groups is 1. The fourth-order valence-corrected chi connectivity index (χ4v) is 4.42. The van der Waals surface area contributed by atoms with Crippen LogP contribution < -0.4 is 10.1 Å². The highest BCUT2D eigenvalue weighted by Gasteiger charge is 2.27. The van der Waals surface area contributed by atoms with Crippen molar-refractivity contribution in [3.8, 4) is 5.75 Å². The smallest absolute Gasteiger partial charge is 0.194 e. The zero-order chi connectivity index (χ0) is 22.2. The summed E-state index contributed by atoms with van der Waals surface area (Å²) in [4.78, 5) is 9.96. The molecule has 0 bridgehead atoms. The van der Waals surface area contributed by atoms with Crippen LogP contribution >= 0.6 is 0 Å². The molecule has 2 aromatic rings. The summed E-state index contributed by atoms with van der Waals surface area (Å²) in [6, 6.07) is 8.61. The number of benzene rings is 1. The Morgan fingerprint density at radius 1 is 1.32 bits per heavy atom. The van der Waals surface area contributed by atoms with E-state index in [9.17, 15) is 0 Å². The fraction of sp³-hybridized carbons (Fsp3) is 0.583. The van der Waals surface area contributed by atoms with E-state index in [2.05, 4.69) is 65.4 Å². The first-order chi connectivity index (χ1) is 15.1. The molecule has 1 saturated heterocycles. The number of likely N-dealkylation sites (tertiary alicyclic amines) is 1. The van der Waals surface area contributed by atoms with E-state index in [4.69, 9.17) is 9.73 Å². The highest BCUT2D eigenvalue weighted by Crippen LogP contribution is 2.28. The number of methoxy groups -OCH3 is 1. The Balaban J connectivity index is 1.78. The van der Waals surface area contributed by atoms with Crippen molar-refractivity contribution < 1.29 is 4.74 Å². The van der Waals surface area contributed by atoms with Gasteiger partial charge in [0.05, 0.1) is 25.9 Å². The van der Waals surface area contributed by atoms with Gasteiger partial charge >= 0.3 is 0 Å². The van der Waals surface area contributed by atoms with E-state index in [1.165, 1.54) is 11.1 Å². The van der Waals surface area contributed by atoms with E-state index >= 15 is 0 Å². The van der Waals surface area contributed by atoms with Crippen LogP contribution in [0.2, 0.25) is 0 Å². The quantitative estimate of drug-likeness (QED) is 0.493. The van der Waals surface area contributed by atoms with Gasteiger partial charge in [-0.3, -0.25) is 14.6 Å². The normalized spacial score (nSPS) is 17.9. The maximum Gasteiger partial charge on any atom is 0.194 e. The SMILES string of the molecule is CCNC(=NCC(c1cccc(OC)c1)N(CC)CC)N1CCC(c2cnn(C)c2)C1. The molecular formula is C24H38N6O. The molecule has 2 heterocycles. The molecule has 1 aromatic heterocycles. The monoisotopic (exact) mass is 426 g/mol. The molecule has 170 valence electrons. The van der Waals surface area contributed by atoms with E-state index in [0.29, 0.717) is 12.5 Å². The number of hydrogen-bond donors (Lipinski definition) is 1. The highest BCUT2D eigenvalue weighted by molar-refractivity contribution is 5.80. The van der Waals surface area contributed by atoms with Gasteiger partial charge in [-0.2, -0.15) is 5.10 Å². The summed E-state index contributed by atoms with van der Waals surface area (Å²) in [6.45, 7) is 12.1. The van der Waals surface area contributed by atoms with Gasteiger partial charge in [-0.1, -0.05) is 26.0 Å². The fourth-order valence-electron chi connectivity index (χ4n) is 4.42. The van der Waals surface area contributed by atoms with Crippen molar-refractivity contribution in [1.82, 2.24) is 24.9 Å². The summed E-state index contributed by atoms with van der Waals surface area (Å²) in [5.74, 6) is 2.41. The number of likely N-dealkylation sites (N-methyl/N-ethyl adjacent to an activating group) is 1. The molecule has 0 saturated carbocycles. The number of aliphatic imine (C=N–C) groups is 1. The van der Waals surface area contributed by atoms with Crippen LogP contribution in [0.3, 0.4) is 0 Å². The van der Waals surface area contributed by atoms with Crippen LogP contribution in [0.1, 0.15) is 50.3 Å². The first kappa shape index (κ1) is 23.1. The minimum Gasteiger partial charge on any atom is -0.497 e. The summed E-state index contributed by atoms with van der Waals surface area (Å²) in [6.07, 6.45) is 5.26. The molecule has 1 aliphatic rings. The molecule has 31 heavy (non-hydrogen) atoms. The van der Waals surface area contributed by atoms with Gasteiger partial charge in [0, 0.05) is 38.8 Å². The third-order valence-corrected chi connectivity index (χ3v) is 6.16. The van der Waals surface area contributed by atoms with Crippen molar-refractivity contribution in [2.45, 2.75) is 39.2 Å². The van der Waals surface area contributed by atoms with Crippen LogP contribution in [0.4, 0.5) is 0 Å². The van der Waals surface area contributed by atoms with Crippen LogP contribution in [0.5, 0.6) is 5.75 Å². The minimum absolute atomic E-state index is 0.218. The largest absolute Gasteiger partial charge is 0.497 e. The Morgan fingerprint density at radius 3 is 2.77 bits per heavy atom. The van der Waals surface area contributed by atoms with Gasteiger partial charge < -0.3 is 15.0 Å². The molecule has 0 radical (unpaired) electrons. The number of nitrogens with one attached hydrogen (secondary N) is 1. The molecule has 3 rings (SSSR count). The summed E-state index contributed by atoms with van der Waals surface area (Å²) in [5.41, 5.74) is 2.57. The van der Waals surface area contributed by atoms with E-state index in [1.54, 1.807) is 7.11 Å². The van der Waals surface area contributed by atoms with Gasteiger partial charge in [0.2, 0.25) is 0 Å². The third-order valence-electron chi connectivity index (χ3n) is 6.16. The lowest BCUT2D eigenvalue weighted by Gasteiger charge is -2.30. The Morgan fingerprint density at radius 2 is 2.13 bits per heavy atom. The predicted molar refractivity (Wildman–Crippen MR) is 127 cm³/mol. The molecule has 1 N–H and O–H groups in total. The predicted octanol–water partition coefficient (Wildman–Crippen LogP) is 3.27. The standard InChI is InChI=1S/C24H38N6O/c1-6-25-24(30-13-12-20(18-30)21-15-27-28(4)17-21)26-16-23(29(7-2)8-3)19-10-9-11-22(14-19)31-5/h9-11,14-15,17,20,23H,6-8,12-13,16,18H2,1-5H3,(H,25,26). The second kappa shape index (κ2) is 11.2. The molecular weight excluding hydrogens is 388 g/mol. The van der Waals surface area contributed by atoms with E-state index in [-0.39, 0.29) is 6.04 Å². The molecule has 7 heteroatoms. The van der Waals surface area contributed by atoms with Crippen molar-refractivity contribution in [1.29, 1.82) is 0 Å². The lowest BCUT2D eigenvalue weighted by Crippen LogP contribution is -2.41. The molecule has 0 aliphatic carbocycles. The summed E-state index contributed by atoms with van der Waals surface area (Å²) in [5, 5.41) is 7.87. The molecule has 1 aromatic carbocycles. The first-order valence-corrected chi connectivity index (χ1v) is 11.5. The van der Waals surface area contributed by atoms with Crippen LogP contribution in [-0.2, 0) is 7.05 Å². The van der Waals surface area contributed by atoms with Gasteiger partial charge in [0.25, 0.3) is 0 Å². The number of hydrogen-bond acceptors (Lipinski definition) is 4. The minimum atomic E-state index is 0.218. The number of aromatic nitrogens is 2. The van der Waals surface area contributed by atoms with Crippen LogP contribution in [0.25, 0.3) is 0 Å². The van der Waals surface area contributed by atoms with Crippen molar-refractivity contribution in [2.24, 2.45) is 12.0 Å². The van der Waals surface area contributed by atoms with E-state index < -0.39 is 0 Å². The third kappa shape index (κ3) is 5.79. The maximum absolute atomic E-state index is 5.47. The van der Waals surface area contributed by atoms with Gasteiger partial charge in [-0.05, 0) is 49.7 Å². The van der Waals surface area contributed by atoms with Crippen LogP contribution in [0.15, 0.2) is 41.7 Å². The summed E-state index contributed by atoms with van der Waals surface area (Å²) < 4.78 is 7.36. The molecule has 2 unspecified atom stereocenters. The topological polar surface area (TPSA) is 57.9 Å². The van der Waals surface area contributed by atoms with Gasteiger partial charge in [-0.25, -0.2) is 0 Å². The van der Waals surface area contributed by atoms with Crippen LogP contribution in [0, 0.1) is 0 Å². The van der Waals surface area contributed by atoms with E-state index in [0.717, 1.165) is 50.9 Å². The molecule has 1 aliphatic heterocycles. The highest BCUT2D eigenvalue weighted by atomic mass is 16.5. The number of ether oxygens (including phenoxy) is 1. The molecule has 0 amide bonds. The molecule has 2 atom stereocenters. The second-order valence-corrected chi connectivity index (χ2v) is 8.09. The number of nitrogens with zero attached hydrogens (tertiary/aromatic N) is 5. The maximum atomic E-state index is 5.47. The Kier molecular flexibility index (Phi) is 8.35. The van der Waals surface area contributed by atoms with Crippen LogP contribution in [-0.4, -0.2) is 71.9 Å². The Hall–Kier alpha value is -2.54. The molecule has 7 nitrogen and oxygen atoms in total. The van der Waals surface area contributed by atoms with Crippen molar-refractivity contribution in [2.75, 3.05) is 46.4 Å². The summed E-state index contributed by atoms with van der Waals surface area (Å²) >= 11 is 0. The average Bonchev–Trinajstić information content (AvgIpc) is 3.45. The lowest BCUT2D eigenvalue weighted by atomic mass is 10.0. The van der Waals surface area contributed by atoms with E-state index in [1.807, 2.05) is 24.0 Å². The zero-order valence-corrected chi connectivity index (χ0v) is 19.7. The first-order valence-electron chi connectivity index (χ1n) is 11.5. The Labute approximate surface area is 187 Å². The van der Waals surface area contributed by atoms with Crippen molar-refractivity contribution in [3.63, 3.8) is 0 Å². The van der Waals surface area contributed by atoms with Gasteiger partial charge in [0.15, 0.2) is 5.96 Å².